The number of rotatable bonds is 4. The zero-order valence-electron chi connectivity index (χ0n) is 19.6. The van der Waals surface area contributed by atoms with Gasteiger partial charge in [-0.25, -0.2) is 9.78 Å². The van der Waals surface area contributed by atoms with Gasteiger partial charge in [0.1, 0.15) is 11.4 Å². The zero-order chi connectivity index (χ0) is 25.3. The van der Waals surface area contributed by atoms with Crippen LogP contribution in [0.2, 0.25) is 0 Å². The van der Waals surface area contributed by atoms with Gasteiger partial charge in [-0.15, -0.1) is 0 Å². The molecule has 3 heterocycles. The second kappa shape index (κ2) is 9.55. The molecule has 0 spiro atoms. The number of aromatic nitrogens is 2. The first kappa shape index (κ1) is 25.4. The Kier molecular flexibility index (Phi) is 7.13. The van der Waals surface area contributed by atoms with Crippen LogP contribution in [0.4, 0.5) is 29.7 Å². The van der Waals surface area contributed by atoms with Gasteiger partial charge in [0.25, 0.3) is 0 Å². The smallest absolute Gasteiger partial charge is 0.433 e. The summed E-state index contributed by atoms with van der Waals surface area (Å²) in [5.41, 5.74) is 4.46. The molecule has 188 valence electrons. The van der Waals surface area contributed by atoms with Gasteiger partial charge in [-0.3, -0.25) is 4.79 Å². The number of nitrogens with zero attached hydrogens (tertiary/aromatic N) is 6. The van der Waals surface area contributed by atoms with Crippen molar-refractivity contribution in [3.63, 3.8) is 0 Å². The van der Waals surface area contributed by atoms with E-state index in [0.717, 1.165) is 11.8 Å². The number of alkyl halides is 3. The van der Waals surface area contributed by atoms with Crippen LogP contribution in [-0.4, -0.2) is 94.6 Å². The van der Waals surface area contributed by atoms with Gasteiger partial charge in [-0.1, -0.05) is 6.58 Å². The molecule has 0 aliphatic carbocycles. The van der Waals surface area contributed by atoms with Crippen LogP contribution in [0, 0.1) is 0 Å². The molecule has 2 amide bonds. The number of anilines is 2. The lowest BCUT2D eigenvalue weighted by Gasteiger charge is -2.40. The summed E-state index contributed by atoms with van der Waals surface area (Å²) < 4.78 is 44.5. The number of amides is 2. The third-order valence-corrected chi connectivity index (χ3v) is 5.41. The highest BCUT2D eigenvalue weighted by atomic mass is 19.4. The van der Waals surface area contributed by atoms with Crippen molar-refractivity contribution in [3.05, 3.63) is 24.0 Å². The summed E-state index contributed by atoms with van der Waals surface area (Å²) in [6, 6.07) is 0.794. The van der Waals surface area contributed by atoms with Gasteiger partial charge < -0.3 is 30.1 Å². The van der Waals surface area contributed by atoms with E-state index in [-0.39, 0.29) is 24.4 Å². The van der Waals surface area contributed by atoms with Crippen molar-refractivity contribution < 1.29 is 27.5 Å². The summed E-state index contributed by atoms with van der Waals surface area (Å²) in [7, 11) is 0. The van der Waals surface area contributed by atoms with Gasteiger partial charge in [0.15, 0.2) is 5.69 Å². The molecule has 0 unspecified atom stereocenters. The fourth-order valence-corrected chi connectivity index (χ4v) is 3.68. The second-order valence-electron chi connectivity index (χ2n) is 9.22. The molecule has 0 radical (unpaired) electrons. The minimum absolute atomic E-state index is 0.0371. The molecule has 3 rings (SSSR count). The predicted molar refractivity (Wildman–Crippen MR) is 119 cm³/mol. The number of piperazine rings is 2. The monoisotopic (exact) mass is 485 g/mol. The van der Waals surface area contributed by atoms with Gasteiger partial charge >= 0.3 is 12.3 Å². The summed E-state index contributed by atoms with van der Waals surface area (Å²) in [6.45, 7) is 12.4. The third-order valence-electron chi connectivity index (χ3n) is 5.41. The molecule has 0 atom stereocenters. The van der Waals surface area contributed by atoms with E-state index in [1.54, 1.807) is 9.80 Å². The highest BCUT2D eigenvalue weighted by molar-refractivity contribution is 5.82. The van der Waals surface area contributed by atoms with Gasteiger partial charge in [-0.05, 0) is 20.8 Å². The predicted octanol–water partition coefficient (Wildman–Crippen LogP) is 1.79. The first-order valence-electron chi connectivity index (χ1n) is 10.9. The summed E-state index contributed by atoms with van der Waals surface area (Å²) in [5.74, 6) is -0.797. The van der Waals surface area contributed by atoms with Crippen LogP contribution in [0.25, 0.3) is 0 Å². The maximum atomic E-state index is 13.0. The van der Waals surface area contributed by atoms with Gasteiger partial charge in [0.05, 0.1) is 13.1 Å². The van der Waals surface area contributed by atoms with Crippen LogP contribution >= 0.6 is 0 Å². The van der Waals surface area contributed by atoms with E-state index in [2.05, 4.69) is 16.5 Å². The highest BCUT2D eigenvalue weighted by Gasteiger charge is 2.35. The molecule has 2 aliphatic heterocycles. The van der Waals surface area contributed by atoms with Crippen molar-refractivity contribution in [1.29, 1.82) is 0 Å². The summed E-state index contributed by atoms with van der Waals surface area (Å²) in [6.07, 6.45) is -5.02. The standard InChI is InChI=1S/C21H30F3N7O3/c1-14(28-5-7-29(8-6-28)19(33)34-20(2,3)4)12-31-10-9-30(13-17(31)32)16-11-15(21(22,23)24)26-18(25)27-16/h11H,1,5-10,12-13H2,2-4H3,(H2,25,26,27). The maximum absolute atomic E-state index is 13.0. The lowest BCUT2D eigenvalue weighted by molar-refractivity contribution is -0.141. The average Bonchev–Trinajstić information content (AvgIpc) is 2.73. The Balaban J connectivity index is 1.53. The topological polar surface area (TPSA) is 108 Å². The quantitative estimate of drug-likeness (QED) is 0.688. The van der Waals surface area contributed by atoms with Crippen molar-refractivity contribution in [2.75, 3.05) is 63.0 Å². The average molecular weight is 486 g/mol. The summed E-state index contributed by atoms with van der Waals surface area (Å²) in [4.78, 5) is 38.7. The molecule has 2 fully saturated rings. The number of hydrogen-bond donors (Lipinski definition) is 1. The minimum Gasteiger partial charge on any atom is -0.444 e. The fourth-order valence-electron chi connectivity index (χ4n) is 3.68. The number of ether oxygens (including phenoxy) is 1. The molecule has 0 aromatic carbocycles. The number of carbonyl (C=O) groups excluding carboxylic acids is 2. The maximum Gasteiger partial charge on any atom is 0.433 e. The largest absolute Gasteiger partial charge is 0.444 e. The normalized spacial score (nSPS) is 17.8. The van der Waals surface area contributed by atoms with Crippen LogP contribution in [-0.2, 0) is 15.7 Å². The SMILES string of the molecule is C=C(CN1CCN(c2cc(C(F)(F)F)nc(N)n2)CC1=O)N1CCN(C(=O)OC(C)(C)C)CC1. The van der Waals surface area contributed by atoms with Crippen molar-refractivity contribution in [2.45, 2.75) is 32.5 Å². The van der Waals surface area contributed by atoms with E-state index < -0.39 is 23.4 Å². The van der Waals surface area contributed by atoms with Gasteiger partial charge in [0, 0.05) is 51.0 Å². The van der Waals surface area contributed by atoms with Crippen molar-refractivity contribution in [1.82, 2.24) is 24.7 Å². The van der Waals surface area contributed by atoms with Crippen LogP contribution in [0.3, 0.4) is 0 Å². The van der Waals surface area contributed by atoms with Gasteiger partial charge in [0.2, 0.25) is 11.9 Å². The summed E-state index contributed by atoms with van der Waals surface area (Å²) >= 11 is 0. The third kappa shape index (κ3) is 6.41. The Hall–Kier alpha value is -3.25. The number of carbonyl (C=O) groups is 2. The lowest BCUT2D eigenvalue weighted by Crippen LogP contribution is -2.54. The van der Waals surface area contributed by atoms with E-state index >= 15 is 0 Å². The molecule has 34 heavy (non-hydrogen) atoms. The number of nitrogen functional groups attached to an aromatic ring is 1. The Bertz CT molecular complexity index is 941. The van der Waals surface area contributed by atoms with Crippen LogP contribution in [0.1, 0.15) is 26.5 Å². The highest BCUT2D eigenvalue weighted by Crippen LogP contribution is 2.30. The van der Waals surface area contributed by atoms with Gasteiger partial charge in [-0.2, -0.15) is 18.2 Å². The van der Waals surface area contributed by atoms with Crippen LogP contribution in [0.5, 0.6) is 0 Å². The molecule has 13 heteroatoms. The number of halogens is 3. The van der Waals surface area contributed by atoms with E-state index in [1.165, 1.54) is 4.90 Å². The zero-order valence-corrected chi connectivity index (χ0v) is 19.6. The number of hydrogen-bond acceptors (Lipinski definition) is 8. The molecule has 2 aliphatic rings. The Morgan fingerprint density at radius 1 is 1.09 bits per heavy atom. The van der Waals surface area contributed by atoms with Crippen molar-refractivity contribution in [3.8, 4) is 0 Å². The number of nitrogens with two attached hydrogens (primary N) is 1. The summed E-state index contributed by atoms with van der Waals surface area (Å²) in [5, 5.41) is 0. The second-order valence-corrected chi connectivity index (χ2v) is 9.22. The molecule has 1 aromatic rings. The first-order valence-corrected chi connectivity index (χ1v) is 10.9. The van der Waals surface area contributed by atoms with Crippen molar-refractivity contribution >= 4 is 23.8 Å². The van der Waals surface area contributed by atoms with Crippen LogP contribution in [0.15, 0.2) is 18.3 Å². The van der Waals surface area contributed by atoms with E-state index in [0.29, 0.717) is 45.8 Å². The molecular formula is C21H30F3N7O3. The van der Waals surface area contributed by atoms with E-state index in [9.17, 15) is 22.8 Å². The molecule has 1 aromatic heterocycles. The fraction of sp³-hybridized carbons (Fsp3) is 0.619. The van der Waals surface area contributed by atoms with E-state index in [1.807, 2.05) is 25.7 Å². The molecule has 0 saturated carbocycles. The first-order chi connectivity index (χ1) is 15.7. The van der Waals surface area contributed by atoms with Crippen molar-refractivity contribution in [2.24, 2.45) is 0 Å². The Morgan fingerprint density at radius 2 is 1.71 bits per heavy atom. The molecule has 2 saturated heterocycles. The molecule has 2 N–H and O–H groups in total. The minimum atomic E-state index is -4.66. The lowest BCUT2D eigenvalue weighted by atomic mass is 10.2. The Labute approximate surface area is 196 Å². The Morgan fingerprint density at radius 3 is 2.26 bits per heavy atom. The molecular weight excluding hydrogens is 455 g/mol. The molecule has 0 bridgehead atoms. The van der Waals surface area contributed by atoms with Crippen LogP contribution < -0.4 is 10.6 Å². The van der Waals surface area contributed by atoms with E-state index in [4.69, 9.17) is 10.5 Å². The molecule has 10 nitrogen and oxygen atoms in total.